The number of benzene rings is 2. The number of hydrogen-bond acceptors (Lipinski definition) is 2. The third-order valence-corrected chi connectivity index (χ3v) is 2.77. The molecule has 0 saturated carbocycles. The zero-order valence-electron chi connectivity index (χ0n) is 11.5. The van der Waals surface area contributed by atoms with Crippen LogP contribution in [-0.2, 0) is 0 Å². The number of aliphatic hydroxyl groups excluding tert-OH is 1. The molecule has 21 heavy (non-hydrogen) atoms. The molecule has 106 valence electrons. The highest BCUT2D eigenvalue weighted by atomic mass is 19.1. The Bertz CT molecular complexity index is 729. The monoisotopic (exact) mass is 283 g/mol. The van der Waals surface area contributed by atoms with Crippen molar-refractivity contribution in [2.24, 2.45) is 0 Å². The second-order valence-corrected chi connectivity index (χ2v) is 4.48. The Kier molecular flexibility index (Phi) is 4.70. The third kappa shape index (κ3) is 3.91. The van der Waals surface area contributed by atoms with Crippen molar-refractivity contribution in [2.45, 2.75) is 6.92 Å². The molecule has 2 rings (SSSR count). The predicted octanol–water partition coefficient (Wildman–Crippen LogP) is 2.73. The van der Waals surface area contributed by atoms with Gasteiger partial charge < -0.3 is 10.4 Å². The fraction of sp³-hybridized carbons (Fsp3) is 0.118. The summed E-state index contributed by atoms with van der Waals surface area (Å²) in [6.45, 7) is 1.63. The molecule has 1 amide bonds. The third-order valence-electron chi connectivity index (χ3n) is 2.77. The van der Waals surface area contributed by atoms with Crippen LogP contribution in [-0.4, -0.2) is 17.6 Å². The molecular weight excluding hydrogens is 269 g/mol. The second kappa shape index (κ2) is 6.69. The molecule has 0 atom stereocenters. The number of amides is 1. The number of nitrogens with one attached hydrogen (secondary N) is 1. The molecule has 0 aliphatic rings. The lowest BCUT2D eigenvalue weighted by molar-refractivity contribution is 0.102. The van der Waals surface area contributed by atoms with Gasteiger partial charge in [0.05, 0.1) is 5.56 Å². The van der Waals surface area contributed by atoms with E-state index in [0.29, 0.717) is 11.3 Å². The van der Waals surface area contributed by atoms with Gasteiger partial charge in [0.25, 0.3) is 5.91 Å². The van der Waals surface area contributed by atoms with Crippen LogP contribution in [0.25, 0.3) is 0 Å². The maximum Gasteiger partial charge on any atom is 0.258 e. The van der Waals surface area contributed by atoms with Crippen molar-refractivity contribution in [1.29, 1.82) is 0 Å². The first-order chi connectivity index (χ1) is 10.1. The summed E-state index contributed by atoms with van der Waals surface area (Å²) in [6, 6.07) is 11.1. The fourth-order valence-electron chi connectivity index (χ4n) is 1.91. The van der Waals surface area contributed by atoms with Crippen LogP contribution in [0.5, 0.6) is 0 Å². The lowest BCUT2D eigenvalue weighted by Crippen LogP contribution is -2.13. The topological polar surface area (TPSA) is 49.3 Å². The van der Waals surface area contributed by atoms with Crippen LogP contribution in [0.4, 0.5) is 10.1 Å². The SMILES string of the molecule is Cc1cc(C#CCO)cc(NC(=O)c2ccccc2F)c1. The van der Waals surface area contributed by atoms with Crippen molar-refractivity contribution in [3.05, 3.63) is 65.0 Å². The van der Waals surface area contributed by atoms with E-state index in [1.54, 1.807) is 18.2 Å². The van der Waals surface area contributed by atoms with Gasteiger partial charge in [0.2, 0.25) is 0 Å². The molecule has 0 bridgehead atoms. The van der Waals surface area contributed by atoms with E-state index >= 15 is 0 Å². The van der Waals surface area contributed by atoms with Gasteiger partial charge in [0.1, 0.15) is 12.4 Å². The zero-order valence-corrected chi connectivity index (χ0v) is 11.5. The van der Waals surface area contributed by atoms with E-state index in [9.17, 15) is 9.18 Å². The summed E-state index contributed by atoms with van der Waals surface area (Å²) in [5.41, 5.74) is 2.10. The molecule has 0 aliphatic heterocycles. The standard InChI is InChI=1S/C17H14FNO2/c1-12-9-13(5-4-8-20)11-14(10-12)19-17(21)15-6-2-3-7-16(15)18/h2-3,6-7,9-11,20H,8H2,1H3,(H,19,21). The molecule has 2 N–H and O–H groups in total. The number of anilines is 1. The first kappa shape index (κ1) is 14.8. The summed E-state index contributed by atoms with van der Waals surface area (Å²) in [5, 5.41) is 11.4. The summed E-state index contributed by atoms with van der Waals surface area (Å²) in [4.78, 5) is 12.0. The average Bonchev–Trinajstić information content (AvgIpc) is 2.45. The zero-order chi connectivity index (χ0) is 15.2. The number of halogens is 1. The highest BCUT2D eigenvalue weighted by molar-refractivity contribution is 6.04. The van der Waals surface area contributed by atoms with E-state index in [1.165, 1.54) is 18.2 Å². The molecule has 0 aromatic heterocycles. The Balaban J connectivity index is 2.25. The normalized spacial score (nSPS) is 9.67. The fourth-order valence-corrected chi connectivity index (χ4v) is 1.91. The lowest BCUT2D eigenvalue weighted by Gasteiger charge is -2.08. The maximum atomic E-state index is 13.6. The van der Waals surface area contributed by atoms with Gasteiger partial charge in [-0.05, 0) is 42.8 Å². The van der Waals surface area contributed by atoms with Crippen molar-refractivity contribution in [2.75, 3.05) is 11.9 Å². The van der Waals surface area contributed by atoms with E-state index in [-0.39, 0.29) is 12.2 Å². The van der Waals surface area contributed by atoms with Gasteiger partial charge in [0.15, 0.2) is 0 Å². The van der Waals surface area contributed by atoms with Crippen LogP contribution in [0.1, 0.15) is 21.5 Å². The molecular formula is C17H14FNO2. The van der Waals surface area contributed by atoms with Gasteiger partial charge in [-0.3, -0.25) is 4.79 Å². The molecule has 0 fully saturated rings. The number of carbonyl (C=O) groups excluding carboxylic acids is 1. The molecule has 2 aromatic carbocycles. The van der Waals surface area contributed by atoms with Gasteiger partial charge >= 0.3 is 0 Å². The quantitative estimate of drug-likeness (QED) is 0.833. The van der Waals surface area contributed by atoms with Crippen molar-refractivity contribution >= 4 is 11.6 Å². The minimum atomic E-state index is -0.567. The molecule has 0 aliphatic carbocycles. The Morgan fingerprint density at radius 2 is 2.05 bits per heavy atom. The van der Waals surface area contributed by atoms with Crippen LogP contribution in [0.15, 0.2) is 42.5 Å². The Hall–Kier alpha value is -2.64. The van der Waals surface area contributed by atoms with Crippen LogP contribution in [0.3, 0.4) is 0 Å². The Morgan fingerprint density at radius 1 is 1.29 bits per heavy atom. The van der Waals surface area contributed by atoms with Gasteiger partial charge in [-0.15, -0.1) is 0 Å². The van der Waals surface area contributed by atoms with E-state index in [2.05, 4.69) is 17.2 Å². The van der Waals surface area contributed by atoms with Gasteiger partial charge in [-0.1, -0.05) is 24.0 Å². The molecule has 3 nitrogen and oxygen atoms in total. The number of aryl methyl sites for hydroxylation is 1. The highest BCUT2D eigenvalue weighted by Crippen LogP contribution is 2.16. The maximum absolute atomic E-state index is 13.6. The number of aliphatic hydroxyl groups is 1. The summed E-state index contributed by atoms with van der Waals surface area (Å²) < 4.78 is 13.6. The van der Waals surface area contributed by atoms with Crippen molar-refractivity contribution in [3.63, 3.8) is 0 Å². The van der Waals surface area contributed by atoms with Gasteiger partial charge in [-0.25, -0.2) is 4.39 Å². The molecule has 0 heterocycles. The number of carbonyl (C=O) groups is 1. The molecule has 0 saturated heterocycles. The van der Waals surface area contributed by atoms with Crippen molar-refractivity contribution in [1.82, 2.24) is 0 Å². The smallest absolute Gasteiger partial charge is 0.258 e. The summed E-state index contributed by atoms with van der Waals surface area (Å²) in [5.74, 6) is 4.24. The molecule has 0 radical (unpaired) electrons. The van der Waals surface area contributed by atoms with E-state index in [1.807, 2.05) is 13.0 Å². The highest BCUT2D eigenvalue weighted by Gasteiger charge is 2.11. The molecule has 4 heteroatoms. The van der Waals surface area contributed by atoms with E-state index in [0.717, 1.165) is 5.56 Å². The first-order valence-electron chi connectivity index (χ1n) is 6.37. The van der Waals surface area contributed by atoms with Crippen LogP contribution in [0, 0.1) is 24.6 Å². The first-order valence-corrected chi connectivity index (χ1v) is 6.37. The number of hydrogen-bond donors (Lipinski definition) is 2. The second-order valence-electron chi connectivity index (χ2n) is 4.48. The van der Waals surface area contributed by atoms with Crippen LogP contribution < -0.4 is 5.32 Å². The van der Waals surface area contributed by atoms with Gasteiger partial charge in [0, 0.05) is 11.3 Å². The average molecular weight is 283 g/mol. The molecule has 0 unspecified atom stereocenters. The van der Waals surface area contributed by atoms with E-state index < -0.39 is 11.7 Å². The lowest BCUT2D eigenvalue weighted by atomic mass is 10.1. The Morgan fingerprint density at radius 3 is 2.76 bits per heavy atom. The molecule has 2 aromatic rings. The largest absolute Gasteiger partial charge is 0.384 e. The minimum Gasteiger partial charge on any atom is -0.384 e. The minimum absolute atomic E-state index is 0.0120. The Labute approximate surface area is 122 Å². The van der Waals surface area contributed by atoms with Gasteiger partial charge in [-0.2, -0.15) is 0 Å². The summed E-state index contributed by atoms with van der Waals surface area (Å²) in [7, 11) is 0. The van der Waals surface area contributed by atoms with Crippen molar-refractivity contribution < 1.29 is 14.3 Å². The predicted molar refractivity (Wildman–Crippen MR) is 79.5 cm³/mol. The summed E-state index contributed by atoms with van der Waals surface area (Å²) >= 11 is 0. The molecule has 0 spiro atoms. The number of rotatable bonds is 2. The van der Waals surface area contributed by atoms with E-state index in [4.69, 9.17) is 5.11 Å². The summed E-state index contributed by atoms with van der Waals surface area (Å²) in [6.07, 6.45) is 0. The van der Waals surface area contributed by atoms with Crippen LogP contribution >= 0.6 is 0 Å². The van der Waals surface area contributed by atoms with Crippen LogP contribution in [0.2, 0.25) is 0 Å². The van der Waals surface area contributed by atoms with Crippen molar-refractivity contribution in [3.8, 4) is 11.8 Å².